The van der Waals surface area contributed by atoms with Gasteiger partial charge < -0.3 is 4.90 Å². The van der Waals surface area contributed by atoms with Crippen molar-refractivity contribution in [3.8, 4) is 0 Å². The van der Waals surface area contributed by atoms with Crippen molar-refractivity contribution < 1.29 is 0 Å². The number of pyridine rings is 1. The molecule has 0 N–H and O–H groups in total. The zero-order chi connectivity index (χ0) is 13.6. The number of hydrogen-bond donors (Lipinski definition) is 0. The van der Waals surface area contributed by atoms with Gasteiger partial charge in [-0.1, -0.05) is 18.2 Å². The maximum absolute atomic E-state index is 4.20. The highest BCUT2D eigenvalue weighted by atomic mass is 15.3. The Bertz CT molecular complexity index is 421. The Kier molecular flexibility index (Phi) is 4.82. The molecule has 0 spiro atoms. The lowest BCUT2D eigenvalue weighted by Crippen LogP contribution is -2.47. The van der Waals surface area contributed by atoms with Crippen molar-refractivity contribution in [3.63, 3.8) is 0 Å². The van der Waals surface area contributed by atoms with Crippen LogP contribution in [0.15, 0.2) is 36.7 Å². The summed E-state index contributed by atoms with van der Waals surface area (Å²) < 4.78 is 0. The molecule has 108 valence electrons. The van der Waals surface area contributed by atoms with Crippen LogP contribution in [-0.2, 0) is 6.54 Å². The first kappa shape index (κ1) is 13.8. The van der Waals surface area contributed by atoms with Gasteiger partial charge in [0.25, 0.3) is 0 Å². The molecule has 1 saturated heterocycles. The van der Waals surface area contributed by atoms with Crippen molar-refractivity contribution in [2.24, 2.45) is 5.92 Å². The van der Waals surface area contributed by atoms with Gasteiger partial charge >= 0.3 is 0 Å². The summed E-state index contributed by atoms with van der Waals surface area (Å²) in [6.07, 6.45) is 12.5. The van der Waals surface area contributed by atoms with Gasteiger partial charge in [0.2, 0.25) is 0 Å². The van der Waals surface area contributed by atoms with E-state index in [1.54, 1.807) is 0 Å². The van der Waals surface area contributed by atoms with Crippen molar-refractivity contribution in [2.45, 2.75) is 25.8 Å². The largest absolute Gasteiger partial charge is 0.301 e. The average Bonchev–Trinajstić information content (AvgIpc) is 2.51. The lowest BCUT2D eigenvalue weighted by Gasteiger charge is -2.36. The van der Waals surface area contributed by atoms with E-state index in [9.17, 15) is 0 Å². The summed E-state index contributed by atoms with van der Waals surface area (Å²) in [6, 6.07) is 4.20. The van der Waals surface area contributed by atoms with E-state index in [1.807, 2.05) is 18.5 Å². The summed E-state index contributed by atoms with van der Waals surface area (Å²) in [7, 11) is 0. The quantitative estimate of drug-likeness (QED) is 0.785. The standard InChI is InChI=1S/C17H25N3/c1-2-5-16(6-3-1)14-19-9-11-20(12-10-19)15-17-7-4-8-18-13-17/h1-2,4,7-8,13,16H,3,5-6,9-12,14-15H2. The number of rotatable bonds is 4. The van der Waals surface area contributed by atoms with Crippen LogP contribution in [0.3, 0.4) is 0 Å². The Hall–Kier alpha value is -1.19. The minimum atomic E-state index is 0.893. The molecule has 2 heterocycles. The van der Waals surface area contributed by atoms with Gasteiger partial charge in [-0.25, -0.2) is 0 Å². The zero-order valence-electron chi connectivity index (χ0n) is 12.2. The molecular formula is C17H25N3. The first-order valence-corrected chi connectivity index (χ1v) is 7.89. The van der Waals surface area contributed by atoms with Gasteiger partial charge in [0.1, 0.15) is 0 Å². The lowest BCUT2D eigenvalue weighted by atomic mass is 9.94. The Labute approximate surface area is 122 Å². The van der Waals surface area contributed by atoms with Gasteiger partial charge in [-0.3, -0.25) is 9.88 Å². The summed E-state index contributed by atoms with van der Waals surface area (Å²) in [5.74, 6) is 0.893. The van der Waals surface area contributed by atoms with E-state index < -0.39 is 0 Å². The van der Waals surface area contributed by atoms with Gasteiger partial charge in [-0.2, -0.15) is 0 Å². The topological polar surface area (TPSA) is 19.4 Å². The van der Waals surface area contributed by atoms with Crippen LogP contribution in [0, 0.1) is 5.92 Å². The molecule has 0 radical (unpaired) electrons. The molecule has 1 aromatic heterocycles. The molecule has 1 atom stereocenters. The Morgan fingerprint density at radius 1 is 1.10 bits per heavy atom. The van der Waals surface area contributed by atoms with Crippen LogP contribution in [-0.4, -0.2) is 47.5 Å². The van der Waals surface area contributed by atoms with E-state index in [2.05, 4.69) is 33.0 Å². The molecule has 1 unspecified atom stereocenters. The number of allylic oxidation sites excluding steroid dienone is 2. The van der Waals surface area contributed by atoms with Crippen LogP contribution in [0.2, 0.25) is 0 Å². The van der Waals surface area contributed by atoms with E-state index in [0.29, 0.717) is 0 Å². The van der Waals surface area contributed by atoms with E-state index >= 15 is 0 Å². The molecule has 1 aliphatic carbocycles. The highest BCUT2D eigenvalue weighted by Crippen LogP contribution is 2.20. The number of aromatic nitrogens is 1. The van der Waals surface area contributed by atoms with Crippen molar-refractivity contribution in [2.75, 3.05) is 32.7 Å². The lowest BCUT2D eigenvalue weighted by molar-refractivity contribution is 0.111. The summed E-state index contributed by atoms with van der Waals surface area (Å²) in [5.41, 5.74) is 1.33. The molecule has 3 nitrogen and oxygen atoms in total. The molecule has 1 aromatic rings. The molecule has 0 amide bonds. The molecular weight excluding hydrogens is 246 g/mol. The summed E-state index contributed by atoms with van der Waals surface area (Å²) in [4.78, 5) is 9.41. The smallest absolute Gasteiger partial charge is 0.0312 e. The molecule has 1 fully saturated rings. The monoisotopic (exact) mass is 271 g/mol. The molecule has 20 heavy (non-hydrogen) atoms. The highest BCUT2D eigenvalue weighted by molar-refractivity contribution is 5.08. The van der Waals surface area contributed by atoms with Crippen LogP contribution < -0.4 is 0 Å². The van der Waals surface area contributed by atoms with Gasteiger partial charge in [0, 0.05) is 51.7 Å². The Morgan fingerprint density at radius 3 is 2.65 bits per heavy atom. The average molecular weight is 271 g/mol. The zero-order valence-corrected chi connectivity index (χ0v) is 12.2. The maximum Gasteiger partial charge on any atom is 0.0312 e. The molecule has 0 bridgehead atoms. The predicted octanol–water partition coefficient (Wildman–Crippen LogP) is 2.56. The first-order valence-electron chi connectivity index (χ1n) is 7.89. The Balaban J connectivity index is 1.41. The first-order chi connectivity index (χ1) is 9.90. The molecule has 3 rings (SSSR count). The van der Waals surface area contributed by atoms with Gasteiger partial charge in [-0.05, 0) is 36.8 Å². The van der Waals surface area contributed by atoms with Crippen molar-refractivity contribution in [1.29, 1.82) is 0 Å². The fraction of sp³-hybridized carbons (Fsp3) is 0.588. The van der Waals surface area contributed by atoms with Crippen LogP contribution in [0.4, 0.5) is 0 Å². The van der Waals surface area contributed by atoms with Crippen molar-refractivity contribution >= 4 is 0 Å². The third kappa shape index (κ3) is 3.90. The van der Waals surface area contributed by atoms with Crippen molar-refractivity contribution in [1.82, 2.24) is 14.8 Å². The summed E-state index contributed by atoms with van der Waals surface area (Å²) >= 11 is 0. The molecule has 1 aliphatic heterocycles. The predicted molar refractivity (Wildman–Crippen MR) is 82.4 cm³/mol. The SMILES string of the molecule is C1=CCC(CN2CCN(Cc3cccnc3)CC2)CC1. The van der Waals surface area contributed by atoms with Gasteiger partial charge in [0.15, 0.2) is 0 Å². The van der Waals surface area contributed by atoms with E-state index in [4.69, 9.17) is 0 Å². The third-order valence-electron chi connectivity index (χ3n) is 4.49. The summed E-state index contributed by atoms with van der Waals surface area (Å²) in [6.45, 7) is 7.18. The molecule has 2 aliphatic rings. The van der Waals surface area contributed by atoms with Crippen LogP contribution in [0.25, 0.3) is 0 Å². The minimum absolute atomic E-state index is 0.893. The van der Waals surface area contributed by atoms with Gasteiger partial charge in [-0.15, -0.1) is 0 Å². The normalized spacial score (nSPS) is 24.9. The van der Waals surface area contributed by atoms with Gasteiger partial charge in [0.05, 0.1) is 0 Å². The van der Waals surface area contributed by atoms with E-state index in [1.165, 1.54) is 57.5 Å². The molecule has 3 heteroatoms. The number of nitrogens with zero attached hydrogens (tertiary/aromatic N) is 3. The minimum Gasteiger partial charge on any atom is -0.301 e. The third-order valence-corrected chi connectivity index (χ3v) is 4.49. The number of piperazine rings is 1. The van der Waals surface area contributed by atoms with Crippen LogP contribution >= 0.6 is 0 Å². The van der Waals surface area contributed by atoms with E-state index in [0.717, 1.165) is 12.5 Å². The maximum atomic E-state index is 4.20. The Morgan fingerprint density at radius 2 is 1.95 bits per heavy atom. The second-order valence-electron chi connectivity index (χ2n) is 6.09. The summed E-state index contributed by atoms with van der Waals surface area (Å²) in [5, 5.41) is 0. The fourth-order valence-corrected chi connectivity index (χ4v) is 3.27. The number of hydrogen-bond acceptors (Lipinski definition) is 3. The molecule has 0 saturated carbocycles. The van der Waals surface area contributed by atoms with Crippen LogP contribution in [0.5, 0.6) is 0 Å². The van der Waals surface area contributed by atoms with E-state index in [-0.39, 0.29) is 0 Å². The second kappa shape index (κ2) is 7.00. The van der Waals surface area contributed by atoms with Crippen molar-refractivity contribution in [3.05, 3.63) is 42.2 Å². The second-order valence-corrected chi connectivity index (χ2v) is 6.09. The van der Waals surface area contributed by atoms with Crippen LogP contribution in [0.1, 0.15) is 24.8 Å². The fourth-order valence-electron chi connectivity index (χ4n) is 3.27. The highest BCUT2D eigenvalue weighted by Gasteiger charge is 2.20. The molecule has 0 aromatic carbocycles.